The molecule has 0 spiro atoms. The standard InChI is InChI=1S/C7H4BrF2NO3/c8-3-2(7(13)14)1-11-4(5(3)12)6(9)10/h1,6,12H,(H,13,14). The third kappa shape index (κ3) is 1.82. The van der Waals surface area contributed by atoms with Gasteiger partial charge in [0.1, 0.15) is 5.69 Å². The van der Waals surface area contributed by atoms with Crippen molar-refractivity contribution in [3.63, 3.8) is 0 Å². The van der Waals surface area contributed by atoms with Crippen LogP contribution in [-0.4, -0.2) is 21.2 Å². The van der Waals surface area contributed by atoms with E-state index in [4.69, 9.17) is 10.2 Å². The van der Waals surface area contributed by atoms with E-state index in [-0.39, 0.29) is 10.0 Å². The van der Waals surface area contributed by atoms with E-state index in [1.807, 2.05) is 0 Å². The molecule has 0 amide bonds. The second-order valence-electron chi connectivity index (χ2n) is 2.33. The lowest BCUT2D eigenvalue weighted by Gasteiger charge is -2.05. The maximum absolute atomic E-state index is 12.1. The smallest absolute Gasteiger partial charge is 0.338 e. The summed E-state index contributed by atoms with van der Waals surface area (Å²) >= 11 is 2.70. The number of halogens is 3. The van der Waals surface area contributed by atoms with Gasteiger partial charge in [0.25, 0.3) is 6.43 Å². The Morgan fingerprint density at radius 3 is 2.57 bits per heavy atom. The highest BCUT2D eigenvalue weighted by molar-refractivity contribution is 9.10. The Hall–Kier alpha value is -1.24. The van der Waals surface area contributed by atoms with Gasteiger partial charge in [0.15, 0.2) is 5.75 Å². The summed E-state index contributed by atoms with van der Waals surface area (Å²) in [5.74, 6) is -2.21. The summed E-state index contributed by atoms with van der Waals surface area (Å²) < 4.78 is 24.0. The largest absolute Gasteiger partial charge is 0.505 e. The number of hydrogen-bond donors (Lipinski definition) is 2. The van der Waals surface area contributed by atoms with Crippen LogP contribution in [0.1, 0.15) is 22.5 Å². The van der Waals surface area contributed by atoms with Gasteiger partial charge in [-0.3, -0.25) is 4.98 Å². The van der Waals surface area contributed by atoms with Gasteiger partial charge in [-0.05, 0) is 15.9 Å². The lowest BCUT2D eigenvalue weighted by atomic mass is 10.2. The van der Waals surface area contributed by atoms with Crippen LogP contribution < -0.4 is 0 Å². The molecule has 0 radical (unpaired) electrons. The second kappa shape index (κ2) is 3.87. The van der Waals surface area contributed by atoms with Gasteiger partial charge < -0.3 is 10.2 Å². The molecule has 0 atom stereocenters. The number of pyridine rings is 1. The Kier molecular flexibility index (Phi) is 3.00. The molecule has 1 aromatic rings. The van der Waals surface area contributed by atoms with Crippen molar-refractivity contribution < 1.29 is 23.8 Å². The van der Waals surface area contributed by atoms with E-state index >= 15 is 0 Å². The monoisotopic (exact) mass is 267 g/mol. The maximum atomic E-state index is 12.1. The number of rotatable bonds is 2. The van der Waals surface area contributed by atoms with Gasteiger partial charge in [0, 0.05) is 6.20 Å². The van der Waals surface area contributed by atoms with E-state index < -0.39 is 23.8 Å². The Morgan fingerprint density at radius 2 is 2.14 bits per heavy atom. The van der Waals surface area contributed by atoms with Crippen molar-refractivity contribution in [1.82, 2.24) is 4.98 Å². The minimum atomic E-state index is -2.95. The summed E-state index contributed by atoms with van der Waals surface area (Å²) in [6.07, 6.45) is -2.19. The van der Waals surface area contributed by atoms with Gasteiger partial charge in [-0.2, -0.15) is 0 Å². The van der Waals surface area contributed by atoms with E-state index in [2.05, 4.69) is 20.9 Å². The van der Waals surface area contributed by atoms with E-state index in [1.54, 1.807) is 0 Å². The first-order valence-electron chi connectivity index (χ1n) is 3.34. The summed E-state index contributed by atoms with van der Waals surface area (Å²) in [6.45, 7) is 0. The van der Waals surface area contributed by atoms with Gasteiger partial charge in [-0.1, -0.05) is 0 Å². The first-order valence-corrected chi connectivity index (χ1v) is 4.13. The van der Waals surface area contributed by atoms with Crippen LogP contribution in [0.25, 0.3) is 0 Å². The minimum Gasteiger partial charge on any atom is -0.505 e. The second-order valence-corrected chi connectivity index (χ2v) is 3.12. The van der Waals surface area contributed by atoms with Crippen LogP contribution in [0, 0.1) is 0 Å². The fourth-order valence-corrected chi connectivity index (χ4v) is 1.28. The molecule has 0 bridgehead atoms. The van der Waals surface area contributed by atoms with Crippen molar-refractivity contribution in [2.45, 2.75) is 6.43 Å². The number of alkyl halides is 2. The summed E-state index contributed by atoms with van der Waals surface area (Å²) in [5, 5.41) is 17.7. The predicted molar refractivity (Wildman–Crippen MR) is 45.5 cm³/mol. The summed E-state index contributed by atoms with van der Waals surface area (Å²) in [4.78, 5) is 13.6. The molecular formula is C7H4BrF2NO3. The molecule has 76 valence electrons. The number of carboxylic acid groups (broad SMARTS) is 1. The van der Waals surface area contributed by atoms with Crippen molar-refractivity contribution >= 4 is 21.9 Å². The zero-order chi connectivity index (χ0) is 10.9. The van der Waals surface area contributed by atoms with Crippen LogP contribution in [0.5, 0.6) is 5.75 Å². The van der Waals surface area contributed by atoms with Crippen molar-refractivity contribution in [1.29, 1.82) is 0 Å². The number of carbonyl (C=O) groups is 1. The van der Waals surface area contributed by atoms with Crippen LogP contribution in [0.3, 0.4) is 0 Å². The molecule has 1 rings (SSSR count). The van der Waals surface area contributed by atoms with Crippen molar-refractivity contribution in [2.24, 2.45) is 0 Å². The third-order valence-electron chi connectivity index (χ3n) is 1.46. The normalized spacial score (nSPS) is 10.6. The molecular weight excluding hydrogens is 264 g/mol. The van der Waals surface area contributed by atoms with Gasteiger partial charge in [-0.25, -0.2) is 13.6 Å². The van der Waals surface area contributed by atoms with Crippen LogP contribution in [-0.2, 0) is 0 Å². The molecule has 1 aromatic heterocycles. The number of hydrogen-bond acceptors (Lipinski definition) is 3. The lowest BCUT2D eigenvalue weighted by Crippen LogP contribution is -2.02. The number of nitrogens with zero attached hydrogens (tertiary/aromatic N) is 1. The van der Waals surface area contributed by atoms with Gasteiger partial charge in [-0.15, -0.1) is 0 Å². The SMILES string of the molecule is O=C(O)c1cnc(C(F)F)c(O)c1Br. The zero-order valence-electron chi connectivity index (χ0n) is 6.54. The predicted octanol–water partition coefficient (Wildman–Crippen LogP) is 2.19. The Balaban J connectivity index is 3.33. The molecule has 2 N–H and O–H groups in total. The van der Waals surface area contributed by atoms with Gasteiger partial charge in [0.2, 0.25) is 0 Å². The van der Waals surface area contributed by atoms with Crippen molar-refractivity contribution in [3.05, 3.63) is 21.9 Å². The molecule has 1 heterocycles. The fraction of sp³-hybridized carbons (Fsp3) is 0.143. The number of aromatic carboxylic acids is 1. The number of aromatic nitrogens is 1. The highest BCUT2D eigenvalue weighted by Gasteiger charge is 2.21. The van der Waals surface area contributed by atoms with Crippen LogP contribution >= 0.6 is 15.9 Å². The van der Waals surface area contributed by atoms with E-state index in [0.717, 1.165) is 6.20 Å². The highest BCUT2D eigenvalue weighted by atomic mass is 79.9. The molecule has 0 saturated heterocycles. The summed E-state index contributed by atoms with van der Waals surface area (Å²) in [6, 6.07) is 0. The minimum absolute atomic E-state index is 0.296. The maximum Gasteiger partial charge on any atom is 0.338 e. The van der Waals surface area contributed by atoms with E-state index in [1.165, 1.54) is 0 Å². The average molecular weight is 268 g/mol. The average Bonchev–Trinajstić information content (AvgIpc) is 2.08. The highest BCUT2D eigenvalue weighted by Crippen LogP contribution is 2.34. The van der Waals surface area contributed by atoms with Crippen LogP contribution in [0.4, 0.5) is 8.78 Å². The summed E-state index contributed by atoms with van der Waals surface area (Å²) in [5.41, 5.74) is -1.21. The van der Waals surface area contributed by atoms with Gasteiger partial charge >= 0.3 is 5.97 Å². The molecule has 0 fully saturated rings. The molecule has 0 aromatic carbocycles. The molecule has 0 aliphatic heterocycles. The number of carboxylic acids is 1. The number of aromatic hydroxyl groups is 1. The fourth-order valence-electron chi connectivity index (χ4n) is 0.801. The Morgan fingerprint density at radius 1 is 1.57 bits per heavy atom. The molecule has 14 heavy (non-hydrogen) atoms. The van der Waals surface area contributed by atoms with Gasteiger partial charge in [0.05, 0.1) is 10.0 Å². The summed E-state index contributed by atoms with van der Waals surface area (Å²) in [7, 11) is 0. The quantitative estimate of drug-likeness (QED) is 0.862. The molecule has 0 aliphatic rings. The van der Waals surface area contributed by atoms with Crippen LogP contribution in [0.15, 0.2) is 10.7 Å². The van der Waals surface area contributed by atoms with Crippen LogP contribution in [0.2, 0.25) is 0 Å². The topological polar surface area (TPSA) is 70.4 Å². The Bertz CT molecular complexity index is 383. The third-order valence-corrected chi connectivity index (χ3v) is 2.26. The van der Waals surface area contributed by atoms with E-state index in [0.29, 0.717) is 0 Å². The molecule has 7 heteroatoms. The van der Waals surface area contributed by atoms with Crippen molar-refractivity contribution in [2.75, 3.05) is 0 Å². The molecule has 4 nitrogen and oxygen atoms in total. The Labute approximate surface area is 85.3 Å². The van der Waals surface area contributed by atoms with E-state index in [9.17, 15) is 13.6 Å². The first kappa shape index (κ1) is 10.8. The molecule has 0 saturated carbocycles. The molecule has 0 aliphatic carbocycles. The zero-order valence-corrected chi connectivity index (χ0v) is 8.12. The first-order chi connectivity index (χ1) is 6.45. The van der Waals surface area contributed by atoms with Crippen molar-refractivity contribution in [3.8, 4) is 5.75 Å². The molecule has 0 unspecified atom stereocenters. The lowest BCUT2D eigenvalue weighted by molar-refractivity contribution is 0.0693.